The summed E-state index contributed by atoms with van der Waals surface area (Å²) in [5, 5.41) is 9.41. The molecular formula is C21H24FN3O3. The van der Waals surface area contributed by atoms with Gasteiger partial charge in [0.05, 0.1) is 17.4 Å². The minimum atomic E-state index is -1.28. The Balaban J connectivity index is 1.74. The number of aryl methyl sites for hydroxylation is 1. The second-order valence-electron chi connectivity index (χ2n) is 8.91. The van der Waals surface area contributed by atoms with Gasteiger partial charge < -0.3 is 15.7 Å². The molecule has 1 spiro atoms. The number of rotatable bonds is 3. The van der Waals surface area contributed by atoms with Gasteiger partial charge in [-0.1, -0.05) is 0 Å². The number of aromatic nitrogens is 1. The van der Waals surface area contributed by atoms with Crippen LogP contribution in [0.15, 0.2) is 17.1 Å². The quantitative estimate of drug-likeness (QED) is 0.848. The standard InChI is InChI=1S/C21H24FN3O3/c1-11-17-14(12-2-3-12)6-15(20(27)28)19(26)25(17)9-16(22)18(11)24-8-13(23)7-21(10-24)4-5-21/h6,9,12-13H,2-5,7-8,10,23H2,1H3,(H,27,28)/t13-/m0/s1. The third-order valence-electron chi connectivity index (χ3n) is 6.64. The van der Waals surface area contributed by atoms with Crippen LogP contribution in [-0.4, -0.2) is 34.6 Å². The van der Waals surface area contributed by atoms with Crippen LogP contribution in [0.1, 0.15) is 59.5 Å². The van der Waals surface area contributed by atoms with Crippen molar-refractivity contribution in [2.75, 3.05) is 18.0 Å². The fourth-order valence-electron chi connectivity index (χ4n) is 5.04. The Morgan fingerprint density at radius 1 is 1.36 bits per heavy atom. The zero-order valence-electron chi connectivity index (χ0n) is 15.9. The van der Waals surface area contributed by atoms with Crippen LogP contribution >= 0.6 is 0 Å². The second kappa shape index (κ2) is 5.80. The van der Waals surface area contributed by atoms with E-state index in [1.807, 2.05) is 11.8 Å². The summed E-state index contributed by atoms with van der Waals surface area (Å²) in [5.41, 5.74) is 8.17. The lowest BCUT2D eigenvalue weighted by molar-refractivity contribution is 0.0694. The summed E-state index contributed by atoms with van der Waals surface area (Å²) < 4.78 is 16.4. The van der Waals surface area contributed by atoms with Crippen molar-refractivity contribution < 1.29 is 14.3 Å². The van der Waals surface area contributed by atoms with Gasteiger partial charge >= 0.3 is 5.97 Å². The van der Waals surface area contributed by atoms with E-state index in [0.29, 0.717) is 23.3 Å². The van der Waals surface area contributed by atoms with Crippen molar-refractivity contribution in [1.82, 2.24) is 4.40 Å². The van der Waals surface area contributed by atoms with E-state index in [4.69, 9.17) is 5.73 Å². The van der Waals surface area contributed by atoms with Gasteiger partial charge in [-0.25, -0.2) is 9.18 Å². The normalized spacial score (nSPS) is 23.4. The summed E-state index contributed by atoms with van der Waals surface area (Å²) in [6, 6.07) is 1.50. The predicted octanol–water partition coefficient (Wildman–Crippen LogP) is 2.64. The molecular weight excluding hydrogens is 361 g/mol. The highest BCUT2D eigenvalue weighted by Gasteiger charge is 2.48. The van der Waals surface area contributed by atoms with Gasteiger partial charge in [-0.3, -0.25) is 9.20 Å². The first-order valence-electron chi connectivity index (χ1n) is 9.92. The maximum Gasteiger partial charge on any atom is 0.341 e. The third kappa shape index (κ3) is 2.64. The summed E-state index contributed by atoms with van der Waals surface area (Å²) in [5.74, 6) is -1.55. The van der Waals surface area contributed by atoms with E-state index < -0.39 is 17.3 Å². The number of halogens is 1. The van der Waals surface area contributed by atoms with Crippen molar-refractivity contribution in [2.24, 2.45) is 11.1 Å². The fourth-order valence-corrected chi connectivity index (χ4v) is 5.04. The van der Waals surface area contributed by atoms with Gasteiger partial charge in [0.2, 0.25) is 0 Å². The second-order valence-corrected chi connectivity index (χ2v) is 8.91. The largest absolute Gasteiger partial charge is 0.477 e. The van der Waals surface area contributed by atoms with E-state index in [1.165, 1.54) is 10.5 Å². The maximum atomic E-state index is 15.2. The number of aromatic carboxylic acids is 1. The number of carbonyl (C=O) groups is 1. The Morgan fingerprint density at radius 2 is 2.07 bits per heavy atom. The molecule has 2 aromatic heterocycles. The minimum Gasteiger partial charge on any atom is -0.477 e. The Hall–Kier alpha value is -2.41. The molecule has 2 aliphatic carbocycles. The molecule has 3 fully saturated rings. The van der Waals surface area contributed by atoms with E-state index in [1.54, 1.807) is 0 Å². The number of carboxylic acid groups (broad SMARTS) is 1. The summed E-state index contributed by atoms with van der Waals surface area (Å²) >= 11 is 0. The van der Waals surface area contributed by atoms with E-state index in [9.17, 15) is 14.7 Å². The van der Waals surface area contributed by atoms with Gasteiger partial charge in [0.25, 0.3) is 5.56 Å². The number of pyridine rings is 2. The molecule has 0 radical (unpaired) electrons. The van der Waals surface area contributed by atoms with Crippen LogP contribution in [0.25, 0.3) is 5.52 Å². The average molecular weight is 385 g/mol. The number of carboxylic acids is 1. The lowest BCUT2D eigenvalue weighted by atomic mass is 9.91. The Labute approximate surface area is 161 Å². The van der Waals surface area contributed by atoms with Crippen molar-refractivity contribution in [3.63, 3.8) is 0 Å². The van der Waals surface area contributed by atoms with Crippen molar-refractivity contribution in [2.45, 2.75) is 51.0 Å². The van der Waals surface area contributed by atoms with Crippen LogP contribution in [0.2, 0.25) is 0 Å². The highest BCUT2D eigenvalue weighted by atomic mass is 19.1. The first kappa shape index (κ1) is 17.7. The molecule has 3 aliphatic rings. The first-order chi connectivity index (χ1) is 13.3. The molecule has 2 saturated carbocycles. The maximum absolute atomic E-state index is 15.2. The van der Waals surface area contributed by atoms with Gasteiger partial charge in [-0.2, -0.15) is 0 Å². The molecule has 2 aromatic rings. The topological polar surface area (TPSA) is 88.0 Å². The Bertz CT molecular complexity index is 1070. The molecule has 5 rings (SSSR count). The molecule has 3 N–H and O–H groups in total. The lowest BCUT2D eigenvalue weighted by Crippen LogP contribution is -2.48. The molecule has 1 saturated heterocycles. The van der Waals surface area contributed by atoms with Gasteiger partial charge in [0, 0.05) is 19.1 Å². The number of piperidine rings is 1. The SMILES string of the molecule is Cc1c(N2C[C@@H](N)CC3(CC3)C2)c(F)cn2c(=O)c(C(=O)O)cc(C3CC3)c12. The molecule has 0 unspecified atom stereocenters. The predicted molar refractivity (Wildman–Crippen MR) is 104 cm³/mol. The van der Waals surface area contributed by atoms with Crippen LogP contribution < -0.4 is 16.2 Å². The molecule has 6 nitrogen and oxygen atoms in total. The molecule has 148 valence electrons. The zero-order chi connectivity index (χ0) is 19.8. The number of hydrogen-bond donors (Lipinski definition) is 2. The van der Waals surface area contributed by atoms with E-state index in [2.05, 4.69) is 0 Å². The van der Waals surface area contributed by atoms with Crippen LogP contribution in [0.3, 0.4) is 0 Å². The number of nitrogens with two attached hydrogens (primary N) is 1. The molecule has 7 heteroatoms. The average Bonchev–Trinajstić information content (AvgIpc) is 3.52. The number of nitrogens with zero attached hydrogens (tertiary/aromatic N) is 2. The number of anilines is 1. The van der Waals surface area contributed by atoms with Gasteiger partial charge in [-0.15, -0.1) is 0 Å². The highest BCUT2D eigenvalue weighted by molar-refractivity contribution is 5.89. The van der Waals surface area contributed by atoms with E-state index in [-0.39, 0.29) is 22.9 Å². The van der Waals surface area contributed by atoms with Crippen LogP contribution in [-0.2, 0) is 0 Å². The van der Waals surface area contributed by atoms with Crippen molar-refractivity contribution >= 4 is 17.2 Å². The summed E-state index contributed by atoms with van der Waals surface area (Å²) in [6.07, 6.45) is 6.30. The summed E-state index contributed by atoms with van der Waals surface area (Å²) in [6.45, 7) is 3.20. The van der Waals surface area contributed by atoms with Gasteiger partial charge in [0.15, 0.2) is 5.82 Å². The molecule has 28 heavy (non-hydrogen) atoms. The van der Waals surface area contributed by atoms with Crippen LogP contribution in [0.5, 0.6) is 0 Å². The van der Waals surface area contributed by atoms with Crippen molar-refractivity contribution in [3.8, 4) is 0 Å². The first-order valence-corrected chi connectivity index (χ1v) is 9.92. The fraction of sp³-hybridized carbons (Fsp3) is 0.524. The minimum absolute atomic E-state index is 0.00533. The van der Waals surface area contributed by atoms with E-state index >= 15 is 4.39 Å². The molecule has 1 atom stereocenters. The summed E-state index contributed by atoms with van der Waals surface area (Å²) in [7, 11) is 0. The molecule has 3 heterocycles. The van der Waals surface area contributed by atoms with E-state index in [0.717, 1.165) is 50.4 Å². The molecule has 1 aliphatic heterocycles. The number of hydrogen-bond acceptors (Lipinski definition) is 4. The molecule has 0 bridgehead atoms. The molecule has 0 amide bonds. The monoisotopic (exact) mass is 385 g/mol. The third-order valence-corrected chi connectivity index (χ3v) is 6.64. The van der Waals surface area contributed by atoms with Crippen LogP contribution in [0.4, 0.5) is 10.1 Å². The Kier molecular flexibility index (Phi) is 3.66. The van der Waals surface area contributed by atoms with Gasteiger partial charge in [0.1, 0.15) is 5.56 Å². The summed E-state index contributed by atoms with van der Waals surface area (Å²) in [4.78, 5) is 26.3. The number of fused-ring (bicyclic) bond motifs is 1. The van der Waals surface area contributed by atoms with Crippen molar-refractivity contribution in [1.29, 1.82) is 0 Å². The van der Waals surface area contributed by atoms with Gasteiger partial charge in [-0.05, 0) is 67.6 Å². The van der Waals surface area contributed by atoms with Crippen LogP contribution in [0, 0.1) is 18.2 Å². The molecule has 0 aromatic carbocycles. The van der Waals surface area contributed by atoms with Crippen molar-refractivity contribution in [3.05, 3.63) is 45.1 Å². The Morgan fingerprint density at radius 3 is 2.68 bits per heavy atom. The lowest BCUT2D eigenvalue weighted by Gasteiger charge is -2.39. The highest BCUT2D eigenvalue weighted by Crippen LogP contribution is 2.53. The smallest absolute Gasteiger partial charge is 0.341 e. The zero-order valence-corrected chi connectivity index (χ0v) is 15.9.